The Labute approximate surface area is 122 Å². The van der Waals surface area contributed by atoms with Crippen LogP contribution >= 0.6 is 0 Å². The zero-order chi connectivity index (χ0) is 15.1. The standard InChI is InChI=1S/C15H20N2O4/c1-3-10(18)13-11(19)12(20)15(21-13)17-7-5-9-8(2)4-6-16-14(9)17/h4-7,10-13,15,18-20H,3H2,1-2H3/t10-,11-,12+,13+,15+/m0/s1. The van der Waals surface area contributed by atoms with Crippen molar-refractivity contribution in [1.29, 1.82) is 0 Å². The molecule has 0 amide bonds. The summed E-state index contributed by atoms with van der Waals surface area (Å²) in [4.78, 5) is 4.32. The highest BCUT2D eigenvalue weighted by Crippen LogP contribution is 2.34. The van der Waals surface area contributed by atoms with Crippen LogP contribution in [-0.2, 0) is 4.74 Å². The van der Waals surface area contributed by atoms with Crippen molar-refractivity contribution >= 4 is 11.0 Å². The summed E-state index contributed by atoms with van der Waals surface area (Å²) < 4.78 is 7.41. The number of rotatable bonds is 3. The number of ether oxygens (including phenoxy) is 1. The van der Waals surface area contributed by atoms with Crippen LogP contribution in [0.2, 0.25) is 0 Å². The number of pyridine rings is 1. The number of aryl methyl sites for hydroxylation is 1. The molecular weight excluding hydrogens is 272 g/mol. The Kier molecular flexibility index (Phi) is 3.71. The molecule has 1 saturated heterocycles. The zero-order valence-corrected chi connectivity index (χ0v) is 12.0. The smallest absolute Gasteiger partial charge is 0.164 e. The first-order valence-electron chi connectivity index (χ1n) is 7.16. The van der Waals surface area contributed by atoms with Gasteiger partial charge in [-0.1, -0.05) is 6.92 Å². The fourth-order valence-corrected chi connectivity index (χ4v) is 2.86. The molecule has 21 heavy (non-hydrogen) atoms. The quantitative estimate of drug-likeness (QED) is 0.776. The predicted octanol–water partition coefficient (Wildman–Crippen LogP) is 0.735. The highest BCUT2D eigenvalue weighted by Gasteiger charge is 2.46. The van der Waals surface area contributed by atoms with Crippen molar-refractivity contribution in [2.75, 3.05) is 0 Å². The van der Waals surface area contributed by atoms with Crippen molar-refractivity contribution in [1.82, 2.24) is 9.55 Å². The van der Waals surface area contributed by atoms with Gasteiger partial charge in [0.05, 0.1) is 6.10 Å². The van der Waals surface area contributed by atoms with Crippen LogP contribution in [0.4, 0.5) is 0 Å². The minimum Gasteiger partial charge on any atom is -0.390 e. The third-order valence-electron chi connectivity index (χ3n) is 4.18. The Morgan fingerprint density at radius 3 is 2.81 bits per heavy atom. The summed E-state index contributed by atoms with van der Waals surface area (Å²) in [5.74, 6) is 0. The number of aliphatic hydroxyl groups excluding tert-OH is 3. The molecule has 0 aliphatic carbocycles. The first-order chi connectivity index (χ1) is 10.0. The van der Waals surface area contributed by atoms with Crippen LogP contribution in [0.25, 0.3) is 11.0 Å². The van der Waals surface area contributed by atoms with Gasteiger partial charge in [0.2, 0.25) is 0 Å². The molecule has 0 saturated carbocycles. The second-order valence-electron chi connectivity index (χ2n) is 5.54. The summed E-state index contributed by atoms with van der Waals surface area (Å²) >= 11 is 0. The third kappa shape index (κ3) is 2.24. The first kappa shape index (κ1) is 14.5. The molecule has 114 valence electrons. The Balaban J connectivity index is 1.98. The number of fused-ring (bicyclic) bond motifs is 1. The minimum absolute atomic E-state index is 0.449. The van der Waals surface area contributed by atoms with E-state index in [1.807, 2.05) is 19.1 Å². The predicted molar refractivity (Wildman–Crippen MR) is 76.7 cm³/mol. The monoisotopic (exact) mass is 292 g/mol. The van der Waals surface area contributed by atoms with Crippen molar-refractivity contribution in [3.05, 3.63) is 30.1 Å². The molecule has 3 rings (SSSR count). The maximum atomic E-state index is 10.2. The fourth-order valence-electron chi connectivity index (χ4n) is 2.86. The molecule has 1 aliphatic heterocycles. The van der Waals surface area contributed by atoms with Crippen molar-refractivity contribution < 1.29 is 20.1 Å². The molecule has 1 fully saturated rings. The van der Waals surface area contributed by atoms with Gasteiger partial charge in [-0.3, -0.25) is 0 Å². The molecule has 0 spiro atoms. The molecule has 3 heterocycles. The summed E-state index contributed by atoms with van der Waals surface area (Å²) in [6.07, 6.45) is -0.644. The molecule has 6 nitrogen and oxygen atoms in total. The largest absolute Gasteiger partial charge is 0.390 e. The lowest BCUT2D eigenvalue weighted by atomic mass is 10.0. The van der Waals surface area contributed by atoms with Crippen molar-refractivity contribution in [2.45, 2.75) is 50.9 Å². The van der Waals surface area contributed by atoms with Gasteiger partial charge in [0.1, 0.15) is 24.0 Å². The highest BCUT2D eigenvalue weighted by molar-refractivity contribution is 5.79. The maximum absolute atomic E-state index is 10.2. The van der Waals surface area contributed by atoms with Gasteiger partial charge in [0, 0.05) is 17.8 Å². The third-order valence-corrected chi connectivity index (χ3v) is 4.18. The van der Waals surface area contributed by atoms with Crippen LogP contribution in [0.15, 0.2) is 24.5 Å². The van der Waals surface area contributed by atoms with E-state index in [0.29, 0.717) is 12.1 Å². The number of hydrogen-bond donors (Lipinski definition) is 3. The second-order valence-corrected chi connectivity index (χ2v) is 5.54. The average molecular weight is 292 g/mol. The van der Waals surface area contributed by atoms with Crippen molar-refractivity contribution in [3.8, 4) is 0 Å². The summed E-state index contributed by atoms with van der Waals surface area (Å²) in [6.45, 7) is 3.79. The molecule has 1 aliphatic rings. The van der Waals surface area contributed by atoms with Crippen LogP contribution in [0, 0.1) is 6.92 Å². The summed E-state index contributed by atoms with van der Waals surface area (Å²) in [7, 11) is 0. The van der Waals surface area contributed by atoms with Crippen molar-refractivity contribution in [2.24, 2.45) is 0 Å². The van der Waals surface area contributed by atoms with Gasteiger partial charge >= 0.3 is 0 Å². The molecule has 0 radical (unpaired) electrons. The Morgan fingerprint density at radius 1 is 1.33 bits per heavy atom. The lowest BCUT2D eigenvalue weighted by Crippen LogP contribution is -2.38. The van der Waals surface area contributed by atoms with E-state index in [0.717, 1.165) is 10.9 Å². The topological polar surface area (TPSA) is 87.7 Å². The Morgan fingerprint density at radius 2 is 2.10 bits per heavy atom. The van der Waals surface area contributed by atoms with E-state index in [-0.39, 0.29) is 0 Å². The van der Waals surface area contributed by atoms with Gasteiger partial charge in [-0.25, -0.2) is 4.98 Å². The Hall–Kier alpha value is -1.47. The Bertz CT molecular complexity index is 642. The van der Waals surface area contributed by atoms with Crippen LogP contribution in [-0.4, -0.2) is 49.3 Å². The number of hydrogen-bond acceptors (Lipinski definition) is 5. The van der Waals surface area contributed by atoms with E-state index >= 15 is 0 Å². The van der Waals surface area contributed by atoms with Gasteiger partial charge < -0.3 is 24.6 Å². The molecule has 0 aromatic carbocycles. The van der Waals surface area contributed by atoms with Gasteiger partial charge in [0.25, 0.3) is 0 Å². The lowest BCUT2D eigenvalue weighted by molar-refractivity contribution is -0.0839. The van der Waals surface area contributed by atoms with Crippen molar-refractivity contribution in [3.63, 3.8) is 0 Å². The molecule has 2 aromatic heterocycles. The average Bonchev–Trinajstić information content (AvgIpc) is 3.02. The number of aliphatic hydroxyl groups is 3. The normalized spacial score (nSPS) is 30.9. The van der Waals surface area contributed by atoms with E-state index in [1.165, 1.54) is 0 Å². The second kappa shape index (κ2) is 5.38. The van der Waals surface area contributed by atoms with E-state index in [4.69, 9.17) is 4.74 Å². The van der Waals surface area contributed by atoms with Crippen LogP contribution in [0.5, 0.6) is 0 Å². The minimum atomic E-state index is -1.12. The molecule has 3 N–H and O–H groups in total. The fraction of sp³-hybridized carbons (Fsp3) is 0.533. The van der Waals surface area contributed by atoms with E-state index in [1.54, 1.807) is 23.9 Å². The van der Waals surface area contributed by atoms with Crippen LogP contribution in [0.1, 0.15) is 25.1 Å². The van der Waals surface area contributed by atoms with Gasteiger partial charge in [0.15, 0.2) is 6.23 Å². The SMILES string of the molecule is CC[C@H](O)[C@H]1O[C@@H](n2ccc3c(C)ccnc32)[C@H](O)[C@@H]1O. The van der Waals surface area contributed by atoms with E-state index in [2.05, 4.69) is 4.98 Å². The van der Waals surface area contributed by atoms with E-state index < -0.39 is 30.6 Å². The molecule has 0 bridgehead atoms. The zero-order valence-electron chi connectivity index (χ0n) is 12.0. The summed E-state index contributed by atoms with van der Waals surface area (Å²) in [5, 5.41) is 31.2. The molecule has 2 aromatic rings. The lowest BCUT2D eigenvalue weighted by Gasteiger charge is -2.19. The van der Waals surface area contributed by atoms with Gasteiger partial charge in [-0.15, -0.1) is 0 Å². The number of nitrogens with zero attached hydrogens (tertiary/aromatic N) is 2. The van der Waals surface area contributed by atoms with Gasteiger partial charge in [-0.05, 0) is 31.0 Å². The van der Waals surface area contributed by atoms with Gasteiger partial charge in [-0.2, -0.15) is 0 Å². The number of aromatic nitrogens is 2. The maximum Gasteiger partial charge on any atom is 0.164 e. The van der Waals surface area contributed by atoms with Crippen LogP contribution < -0.4 is 0 Å². The molecule has 0 unspecified atom stereocenters. The highest BCUT2D eigenvalue weighted by atomic mass is 16.6. The first-order valence-corrected chi connectivity index (χ1v) is 7.16. The molecular formula is C15H20N2O4. The van der Waals surface area contributed by atoms with Crippen LogP contribution in [0.3, 0.4) is 0 Å². The summed E-state index contributed by atoms with van der Waals surface area (Å²) in [6, 6.07) is 3.82. The molecule has 5 atom stereocenters. The molecule has 6 heteroatoms. The van der Waals surface area contributed by atoms with E-state index in [9.17, 15) is 15.3 Å². The summed E-state index contributed by atoms with van der Waals surface area (Å²) in [5.41, 5.74) is 1.77.